The molecule has 3 N–H and O–H groups in total. The van der Waals surface area contributed by atoms with Crippen LogP contribution in [0.2, 0.25) is 0 Å². The summed E-state index contributed by atoms with van der Waals surface area (Å²) in [6.07, 6.45) is -0.0543. The molecular formula is C21H25NO6. The van der Waals surface area contributed by atoms with Crippen LogP contribution in [0.4, 0.5) is 5.69 Å². The zero-order valence-electron chi connectivity index (χ0n) is 16.2. The van der Waals surface area contributed by atoms with E-state index in [1.165, 1.54) is 30.3 Å². The summed E-state index contributed by atoms with van der Waals surface area (Å²) in [5, 5.41) is 28.3. The molecule has 2 aromatic carbocycles. The highest BCUT2D eigenvalue weighted by molar-refractivity contribution is 6.15. The third kappa shape index (κ3) is 5.57. The minimum Gasteiger partial charge on any atom is -0.507 e. The second-order valence-corrected chi connectivity index (χ2v) is 5.60. The maximum Gasteiger partial charge on any atom is 0.336 e. The van der Waals surface area contributed by atoms with E-state index >= 15 is 0 Å². The van der Waals surface area contributed by atoms with E-state index in [9.17, 15) is 24.6 Å². The molecule has 0 aromatic heterocycles. The first kappa shape index (κ1) is 22.7. The molecule has 0 bridgehead atoms. The van der Waals surface area contributed by atoms with Gasteiger partial charge in [0.1, 0.15) is 5.75 Å². The van der Waals surface area contributed by atoms with Gasteiger partial charge in [-0.1, -0.05) is 32.0 Å². The summed E-state index contributed by atoms with van der Waals surface area (Å²) in [7, 11) is 0. The summed E-state index contributed by atoms with van der Waals surface area (Å²) in [6, 6.07) is 10.2. The average Bonchev–Trinajstić information content (AvgIpc) is 2.69. The van der Waals surface area contributed by atoms with Gasteiger partial charge in [0.2, 0.25) is 0 Å². The number of phenols is 1. The molecule has 0 aliphatic rings. The molecule has 0 saturated carbocycles. The van der Waals surface area contributed by atoms with Crippen LogP contribution in [-0.4, -0.2) is 46.1 Å². The lowest BCUT2D eigenvalue weighted by molar-refractivity contribution is -0.136. The van der Waals surface area contributed by atoms with Crippen molar-refractivity contribution in [3.8, 4) is 5.75 Å². The van der Waals surface area contributed by atoms with Gasteiger partial charge in [-0.3, -0.25) is 9.59 Å². The molecule has 0 spiro atoms. The molecule has 0 amide bonds. The summed E-state index contributed by atoms with van der Waals surface area (Å²) in [5.74, 6) is -3.04. The van der Waals surface area contributed by atoms with Crippen LogP contribution in [-0.2, 0) is 4.79 Å². The zero-order chi connectivity index (χ0) is 21.3. The summed E-state index contributed by atoms with van der Waals surface area (Å²) >= 11 is 0. The lowest BCUT2D eigenvalue weighted by atomic mass is 9.97. The van der Waals surface area contributed by atoms with Crippen molar-refractivity contribution in [1.29, 1.82) is 0 Å². The number of nitrogens with zero attached hydrogens (tertiary/aromatic N) is 1. The van der Waals surface area contributed by atoms with Crippen LogP contribution in [0.3, 0.4) is 0 Å². The van der Waals surface area contributed by atoms with Gasteiger partial charge in [-0.15, -0.1) is 0 Å². The van der Waals surface area contributed by atoms with Crippen molar-refractivity contribution in [3.05, 3.63) is 59.2 Å². The van der Waals surface area contributed by atoms with Gasteiger partial charge in [-0.25, -0.2) is 4.79 Å². The van der Waals surface area contributed by atoms with E-state index in [4.69, 9.17) is 5.11 Å². The molecule has 7 heteroatoms. The molecule has 0 aliphatic heterocycles. The molecule has 7 nitrogen and oxygen atoms in total. The van der Waals surface area contributed by atoms with Crippen LogP contribution in [0.1, 0.15) is 53.5 Å². The molecule has 0 heterocycles. The van der Waals surface area contributed by atoms with E-state index in [2.05, 4.69) is 0 Å². The highest BCUT2D eigenvalue weighted by atomic mass is 16.4. The van der Waals surface area contributed by atoms with Crippen LogP contribution >= 0.6 is 0 Å². The number of aromatic hydroxyl groups is 1. The van der Waals surface area contributed by atoms with Crippen molar-refractivity contribution in [2.24, 2.45) is 0 Å². The fraction of sp³-hybridized carbons (Fsp3) is 0.286. The molecule has 150 valence electrons. The molecule has 28 heavy (non-hydrogen) atoms. The van der Waals surface area contributed by atoms with E-state index in [1.54, 1.807) is 17.0 Å². The number of benzene rings is 2. The lowest BCUT2D eigenvalue weighted by Crippen LogP contribution is -2.25. The number of carboxylic acids is 2. The van der Waals surface area contributed by atoms with Gasteiger partial charge in [0.25, 0.3) is 0 Å². The smallest absolute Gasteiger partial charge is 0.336 e. The van der Waals surface area contributed by atoms with E-state index in [0.717, 1.165) is 0 Å². The Labute approximate surface area is 163 Å². The zero-order valence-corrected chi connectivity index (χ0v) is 16.2. The molecule has 0 aliphatic carbocycles. The summed E-state index contributed by atoms with van der Waals surface area (Å²) < 4.78 is 0. The normalized spacial score (nSPS) is 9.82. The lowest BCUT2D eigenvalue weighted by Gasteiger charge is -2.23. The van der Waals surface area contributed by atoms with Crippen molar-refractivity contribution < 1.29 is 29.7 Å². The van der Waals surface area contributed by atoms with Crippen LogP contribution < -0.4 is 4.90 Å². The Bertz CT molecular complexity index is 847. The number of carboxylic acid groups (broad SMARTS) is 2. The number of aromatic carboxylic acids is 1. The predicted molar refractivity (Wildman–Crippen MR) is 106 cm³/mol. The minimum absolute atomic E-state index is 0.0127. The highest BCUT2D eigenvalue weighted by Crippen LogP contribution is 2.27. The topological polar surface area (TPSA) is 115 Å². The van der Waals surface area contributed by atoms with Gasteiger partial charge in [0, 0.05) is 30.4 Å². The number of carbonyl (C=O) groups excluding carboxylic acids is 1. The molecule has 0 saturated heterocycles. The number of phenolic OH excluding ortho intramolecular Hbond substituents is 1. The summed E-state index contributed by atoms with van der Waals surface area (Å²) in [4.78, 5) is 36.4. The number of aliphatic carboxylic acids is 1. The fourth-order valence-electron chi connectivity index (χ4n) is 2.62. The van der Waals surface area contributed by atoms with Crippen molar-refractivity contribution in [2.45, 2.75) is 27.2 Å². The van der Waals surface area contributed by atoms with E-state index in [-0.39, 0.29) is 35.4 Å². The number of hydrogen-bond donors (Lipinski definition) is 3. The van der Waals surface area contributed by atoms with Crippen molar-refractivity contribution in [3.63, 3.8) is 0 Å². The third-order valence-electron chi connectivity index (χ3n) is 3.97. The first-order valence-corrected chi connectivity index (χ1v) is 9.02. The Hall–Kier alpha value is -3.35. The Kier molecular flexibility index (Phi) is 8.68. The van der Waals surface area contributed by atoms with Gasteiger partial charge in [0.05, 0.1) is 17.5 Å². The minimum atomic E-state index is -1.23. The fourth-order valence-corrected chi connectivity index (χ4v) is 2.62. The van der Waals surface area contributed by atoms with Gasteiger partial charge in [-0.05, 0) is 25.1 Å². The van der Waals surface area contributed by atoms with Crippen LogP contribution in [0, 0.1) is 0 Å². The highest BCUT2D eigenvalue weighted by Gasteiger charge is 2.20. The second-order valence-electron chi connectivity index (χ2n) is 5.60. The van der Waals surface area contributed by atoms with Gasteiger partial charge in [0.15, 0.2) is 5.78 Å². The maximum absolute atomic E-state index is 12.6. The molecule has 0 unspecified atom stereocenters. The number of ketones is 1. The first-order chi connectivity index (χ1) is 13.3. The Morgan fingerprint density at radius 3 is 2.04 bits per heavy atom. The van der Waals surface area contributed by atoms with E-state index < -0.39 is 17.7 Å². The van der Waals surface area contributed by atoms with Crippen molar-refractivity contribution >= 4 is 23.4 Å². The largest absolute Gasteiger partial charge is 0.507 e. The molecular weight excluding hydrogens is 362 g/mol. The SMILES string of the molecule is CC.CCN(CCC(=O)O)c1ccc(C(=O)c2ccccc2C(=O)O)c(O)c1. The number of anilines is 1. The van der Waals surface area contributed by atoms with Gasteiger partial charge >= 0.3 is 11.9 Å². The van der Waals surface area contributed by atoms with Gasteiger partial charge < -0.3 is 20.2 Å². The van der Waals surface area contributed by atoms with Crippen LogP contribution in [0.5, 0.6) is 5.75 Å². The monoisotopic (exact) mass is 387 g/mol. The maximum atomic E-state index is 12.6. The quantitative estimate of drug-likeness (QED) is 0.592. The molecule has 2 rings (SSSR count). The Morgan fingerprint density at radius 2 is 1.54 bits per heavy atom. The first-order valence-electron chi connectivity index (χ1n) is 9.02. The number of hydrogen-bond acceptors (Lipinski definition) is 5. The molecule has 0 radical (unpaired) electrons. The standard InChI is InChI=1S/C19H19NO6.C2H6/c1-2-20(10-9-17(22)23)12-7-8-15(16(21)11-12)18(24)13-5-3-4-6-14(13)19(25)26;1-2/h3-8,11,21H,2,9-10H2,1H3,(H,22,23)(H,25,26);1-2H3. The average molecular weight is 387 g/mol. The molecule has 2 aromatic rings. The van der Waals surface area contributed by atoms with Crippen LogP contribution in [0.15, 0.2) is 42.5 Å². The van der Waals surface area contributed by atoms with Gasteiger partial charge in [-0.2, -0.15) is 0 Å². The Balaban J connectivity index is 0.00000190. The summed E-state index contributed by atoms with van der Waals surface area (Å²) in [5.41, 5.74) is 0.407. The van der Waals surface area contributed by atoms with Crippen molar-refractivity contribution in [2.75, 3.05) is 18.0 Å². The van der Waals surface area contributed by atoms with Crippen molar-refractivity contribution in [1.82, 2.24) is 0 Å². The summed E-state index contributed by atoms with van der Waals surface area (Å²) in [6.45, 7) is 6.64. The second kappa shape index (κ2) is 10.7. The van der Waals surface area contributed by atoms with E-state index in [1.807, 2.05) is 20.8 Å². The number of carbonyl (C=O) groups is 3. The third-order valence-corrected chi connectivity index (χ3v) is 3.97. The predicted octanol–water partition coefficient (Wildman–Crippen LogP) is 3.65. The molecule has 0 fully saturated rings. The molecule has 0 atom stereocenters. The Morgan fingerprint density at radius 1 is 0.929 bits per heavy atom. The van der Waals surface area contributed by atoms with Crippen LogP contribution in [0.25, 0.3) is 0 Å². The number of rotatable bonds is 8. The van der Waals surface area contributed by atoms with E-state index in [0.29, 0.717) is 12.2 Å².